The third-order valence-electron chi connectivity index (χ3n) is 2.63. The second kappa shape index (κ2) is 5.48. The lowest BCUT2D eigenvalue weighted by molar-refractivity contribution is 0.0693. The monoisotopic (exact) mass is 274 g/mol. The molecule has 1 aromatic heterocycles. The summed E-state index contributed by atoms with van der Waals surface area (Å²) < 4.78 is 10.7. The molecule has 20 heavy (non-hydrogen) atoms. The Morgan fingerprint density at radius 3 is 2.70 bits per heavy atom. The number of ether oxygens (including phenoxy) is 2. The van der Waals surface area contributed by atoms with Crippen LogP contribution in [0.1, 0.15) is 15.9 Å². The van der Waals surface area contributed by atoms with Gasteiger partial charge in [0.15, 0.2) is 11.5 Å². The van der Waals surface area contributed by atoms with E-state index in [0.717, 1.165) is 5.56 Å². The van der Waals surface area contributed by atoms with Crippen molar-refractivity contribution < 1.29 is 19.4 Å². The maximum absolute atomic E-state index is 11.2. The van der Waals surface area contributed by atoms with Gasteiger partial charge in [-0.15, -0.1) is 0 Å². The number of methoxy groups -OCH3 is 1. The molecule has 6 nitrogen and oxygen atoms in total. The Hall–Kier alpha value is -2.76. The van der Waals surface area contributed by atoms with Gasteiger partial charge in [-0.05, 0) is 30.7 Å². The van der Waals surface area contributed by atoms with Crippen molar-refractivity contribution in [3.63, 3.8) is 0 Å². The van der Waals surface area contributed by atoms with Gasteiger partial charge in [-0.2, -0.15) is 0 Å². The normalized spacial score (nSPS) is 10.1. The third kappa shape index (κ3) is 2.80. The Bertz CT molecular complexity index is 656. The molecular weight excluding hydrogens is 260 g/mol. The zero-order chi connectivity index (χ0) is 14.7. The Kier molecular flexibility index (Phi) is 3.74. The van der Waals surface area contributed by atoms with E-state index >= 15 is 0 Å². The van der Waals surface area contributed by atoms with Crippen molar-refractivity contribution in [2.75, 3.05) is 12.8 Å². The molecule has 3 N–H and O–H groups in total. The van der Waals surface area contributed by atoms with E-state index in [-0.39, 0.29) is 17.1 Å². The van der Waals surface area contributed by atoms with Crippen LogP contribution in [0.2, 0.25) is 0 Å². The van der Waals surface area contributed by atoms with Crippen LogP contribution in [0.4, 0.5) is 5.69 Å². The summed E-state index contributed by atoms with van der Waals surface area (Å²) in [6.07, 6.45) is 1.34. The van der Waals surface area contributed by atoms with Gasteiger partial charge in [0.05, 0.1) is 19.0 Å². The molecule has 0 saturated carbocycles. The van der Waals surface area contributed by atoms with Gasteiger partial charge in [0, 0.05) is 0 Å². The molecule has 0 radical (unpaired) electrons. The Morgan fingerprint density at radius 2 is 2.05 bits per heavy atom. The molecule has 0 spiro atoms. The molecule has 0 aliphatic heterocycles. The standard InChI is InChI=1S/C14H14N2O4/c1-8-3-4-11(12(5-8)19-2)20-13-10(14(17)18)6-9(15)7-16-13/h3-7H,15H2,1-2H3,(H,17,18). The van der Waals surface area contributed by atoms with Crippen molar-refractivity contribution in [1.82, 2.24) is 4.98 Å². The smallest absolute Gasteiger partial charge is 0.341 e. The fourth-order valence-corrected chi connectivity index (χ4v) is 1.67. The summed E-state index contributed by atoms with van der Waals surface area (Å²) in [5.74, 6) is -0.308. The van der Waals surface area contributed by atoms with Crippen LogP contribution in [0, 0.1) is 6.92 Å². The third-order valence-corrected chi connectivity index (χ3v) is 2.63. The number of carboxylic acid groups (broad SMARTS) is 1. The van der Waals surface area contributed by atoms with E-state index in [1.54, 1.807) is 12.1 Å². The first-order chi connectivity index (χ1) is 9.51. The number of aryl methyl sites for hydroxylation is 1. The second-order valence-corrected chi connectivity index (χ2v) is 4.18. The Morgan fingerprint density at radius 1 is 1.30 bits per heavy atom. The van der Waals surface area contributed by atoms with E-state index in [4.69, 9.17) is 20.3 Å². The van der Waals surface area contributed by atoms with Crippen LogP contribution >= 0.6 is 0 Å². The molecule has 0 saturated heterocycles. The highest BCUT2D eigenvalue weighted by Crippen LogP contribution is 2.33. The predicted octanol–water partition coefficient (Wildman–Crippen LogP) is 2.47. The highest BCUT2D eigenvalue weighted by Gasteiger charge is 2.16. The molecular formula is C14H14N2O4. The summed E-state index contributed by atoms with van der Waals surface area (Å²) in [5, 5.41) is 9.13. The quantitative estimate of drug-likeness (QED) is 0.889. The van der Waals surface area contributed by atoms with Gasteiger partial charge in [-0.3, -0.25) is 0 Å². The number of anilines is 1. The topological polar surface area (TPSA) is 94.7 Å². The predicted molar refractivity (Wildman–Crippen MR) is 73.4 cm³/mol. The number of carbonyl (C=O) groups is 1. The van der Waals surface area contributed by atoms with Crippen molar-refractivity contribution in [1.29, 1.82) is 0 Å². The lowest BCUT2D eigenvalue weighted by Crippen LogP contribution is -2.04. The van der Waals surface area contributed by atoms with Crippen molar-refractivity contribution in [2.45, 2.75) is 6.92 Å². The summed E-state index contributed by atoms with van der Waals surface area (Å²) in [5.41, 5.74) is 6.68. The Balaban J connectivity index is 2.42. The van der Waals surface area contributed by atoms with Crippen LogP contribution in [-0.2, 0) is 0 Å². The molecule has 0 unspecified atom stereocenters. The number of hydrogen-bond acceptors (Lipinski definition) is 5. The van der Waals surface area contributed by atoms with Crippen LogP contribution in [0.3, 0.4) is 0 Å². The highest BCUT2D eigenvalue weighted by atomic mass is 16.5. The van der Waals surface area contributed by atoms with E-state index < -0.39 is 5.97 Å². The zero-order valence-electron chi connectivity index (χ0n) is 11.1. The number of aromatic carboxylic acids is 1. The molecule has 0 aliphatic rings. The Labute approximate surface area is 115 Å². The number of benzene rings is 1. The number of hydrogen-bond donors (Lipinski definition) is 2. The summed E-state index contributed by atoms with van der Waals surface area (Å²) >= 11 is 0. The van der Waals surface area contributed by atoms with Crippen molar-refractivity contribution in [3.8, 4) is 17.4 Å². The number of rotatable bonds is 4. The minimum absolute atomic E-state index is 0.0335. The summed E-state index contributed by atoms with van der Waals surface area (Å²) in [4.78, 5) is 15.1. The van der Waals surface area contributed by atoms with Gasteiger partial charge in [0.1, 0.15) is 5.56 Å². The molecule has 0 atom stereocenters. The number of aromatic nitrogens is 1. The highest BCUT2D eigenvalue weighted by molar-refractivity contribution is 5.91. The molecule has 0 bridgehead atoms. The molecule has 104 valence electrons. The first-order valence-electron chi connectivity index (χ1n) is 5.82. The van der Waals surface area contributed by atoms with Crippen LogP contribution < -0.4 is 15.2 Å². The maximum Gasteiger partial charge on any atom is 0.341 e. The summed E-state index contributed by atoms with van der Waals surface area (Å²) in [6, 6.07) is 6.60. The summed E-state index contributed by atoms with van der Waals surface area (Å²) in [6.45, 7) is 1.91. The van der Waals surface area contributed by atoms with E-state index in [2.05, 4.69) is 4.98 Å². The first-order valence-corrected chi connectivity index (χ1v) is 5.82. The average Bonchev–Trinajstić information content (AvgIpc) is 2.42. The molecule has 0 aliphatic carbocycles. The number of nitrogen functional groups attached to an aromatic ring is 1. The number of nitrogens with two attached hydrogens (primary N) is 1. The largest absolute Gasteiger partial charge is 0.493 e. The fraction of sp³-hybridized carbons (Fsp3) is 0.143. The molecule has 2 aromatic rings. The molecule has 6 heteroatoms. The second-order valence-electron chi connectivity index (χ2n) is 4.18. The van der Waals surface area contributed by atoms with Gasteiger partial charge < -0.3 is 20.3 Å². The van der Waals surface area contributed by atoms with Gasteiger partial charge in [-0.1, -0.05) is 6.07 Å². The van der Waals surface area contributed by atoms with Crippen molar-refractivity contribution >= 4 is 11.7 Å². The minimum atomic E-state index is -1.16. The van der Waals surface area contributed by atoms with Crippen molar-refractivity contribution in [3.05, 3.63) is 41.6 Å². The average molecular weight is 274 g/mol. The number of nitrogens with zero attached hydrogens (tertiary/aromatic N) is 1. The van der Waals surface area contributed by atoms with Crippen LogP contribution in [0.5, 0.6) is 17.4 Å². The molecule has 0 amide bonds. The van der Waals surface area contributed by atoms with E-state index in [1.807, 2.05) is 13.0 Å². The van der Waals surface area contributed by atoms with Crippen LogP contribution in [0.15, 0.2) is 30.5 Å². The molecule has 1 aromatic carbocycles. The van der Waals surface area contributed by atoms with Gasteiger partial charge in [0.25, 0.3) is 0 Å². The zero-order valence-corrected chi connectivity index (χ0v) is 11.1. The minimum Gasteiger partial charge on any atom is -0.493 e. The first kappa shape index (κ1) is 13.7. The number of carboxylic acids is 1. The van der Waals surface area contributed by atoms with Crippen LogP contribution in [0.25, 0.3) is 0 Å². The molecule has 0 fully saturated rings. The molecule has 2 rings (SSSR count). The maximum atomic E-state index is 11.2. The van der Waals surface area contributed by atoms with E-state index in [9.17, 15) is 4.79 Å². The van der Waals surface area contributed by atoms with Gasteiger partial charge in [0.2, 0.25) is 5.88 Å². The fourth-order valence-electron chi connectivity index (χ4n) is 1.67. The van der Waals surface area contributed by atoms with Gasteiger partial charge in [-0.25, -0.2) is 9.78 Å². The van der Waals surface area contributed by atoms with Crippen LogP contribution in [-0.4, -0.2) is 23.2 Å². The lowest BCUT2D eigenvalue weighted by Gasteiger charge is -2.12. The number of pyridine rings is 1. The summed E-state index contributed by atoms with van der Waals surface area (Å²) in [7, 11) is 1.51. The van der Waals surface area contributed by atoms with E-state index in [1.165, 1.54) is 19.4 Å². The van der Waals surface area contributed by atoms with Gasteiger partial charge >= 0.3 is 5.97 Å². The molecule has 1 heterocycles. The van der Waals surface area contributed by atoms with E-state index in [0.29, 0.717) is 11.5 Å². The SMILES string of the molecule is COc1cc(C)ccc1Oc1ncc(N)cc1C(=O)O. The lowest BCUT2D eigenvalue weighted by atomic mass is 10.2. The van der Waals surface area contributed by atoms with Crippen molar-refractivity contribution in [2.24, 2.45) is 0 Å².